The summed E-state index contributed by atoms with van der Waals surface area (Å²) in [6.45, 7) is 5.82. The number of rotatable bonds is 8. The number of hydrogen-bond acceptors (Lipinski definition) is 10. The quantitative estimate of drug-likeness (QED) is 0.230. The van der Waals surface area contributed by atoms with Crippen molar-refractivity contribution in [2.75, 3.05) is 48.0 Å². The zero-order valence-corrected chi connectivity index (χ0v) is 22.3. The fourth-order valence-corrected chi connectivity index (χ4v) is 4.84. The van der Waals surface area contributed by atoms with E-state index in [4.69, 9.17) is 25.7 Å². The number of nitrogens with one attached hydrogen (secondary N) is 1. The third kappa shape index (κ3) is 6.24. The lowest BCUT2D eigenvalue weighted by molar-refractivity contribution is 0.0526. The molecule has 0 aliphatic carbocycles. The summed E-state index contributed by atoms with van der Waals surface area (Å²) in [7, 11) is 0. The molecule has 4 heterocycles. The van der Waals surface area contributed by atoms with Gasteiger partial charge in [-0.05, 0) is 75.8 Å². The highest BCUT2D eigenvalue weighted by molar-refractivity contribution is 6.33. The van der Waals surface area contributed by atoms with Crippen LogP contribution in [-0.2, 0) is 4.74 Å². The van der Waals surface area contributed by atoms with Crippen molar-refractivity contribution < 1.29 is 13.9 Å². The lowest BCUT2D eigenvalue weighted by Crippen LogP contribution is -2.34. The maximum Gasteiger partial charge on any atom is 0.339 e. The molecule has 1 N–H and O–H groups in total. The first kappa shape index (κ1) is 26.0. The first-order valence-electron chi connectivity index (χ1n) is 13.2. The molecule has 0 atom stereocenters. The molecular formula is C27H32ClN7O3. The van der Waals surface area contributed by atoms with Gasteiger partial charge in [-0.15, -0.1) is 0 Å². The molecule has 200 valence electrons. The highest BCUT2D eigenvalue weighted by atomic mass is 35.5. The summed E-state index contributed by atoms with van der Waals surface area (Å²) in [5, 5.41) is 4.65. The number of carbonyl (C=O) groups excluding carboxylic acids is 1. The molecule has 3 aromatic rings. The van der Waals surface area contributed by atoms with E-state index in [0.29, 0.717) is 45.5 Å². The Hall–Kier alpha value is -3.66. The number of aromatic nitrogens is 3. The second kappa shape index (κ2) is 12.3. The van der Waals surface area contributed by atoms with Crippen LogP contribution in [0.15, 0.2) is 39.9 Å². The Morgan fingerprint density at radius 3 is 2.29 bits per heavy atom. The summed E-state index contributed by atoms with van der Waals surface area (Å²) in [6.07, 6.45) is 8.60. The molecule has 5 rings (SSSR count). The van der Waals surface area contributed by atoms with Crippen LogP contribution >= 0.6 is 11.6 Å². The van der Waals surface area contributed by atoms with Gasteiger partial charge in [0.1, 0.15) is 11.5 Å². The van der Waals surface area contributed by atoms with Gasteiger partial charge in [-0.1, -0.05) is 11.6 Å². The van der Waals surface area contributed by atoms with E-state index >= 15 is 0 Å². The number of carbonyl (C=O) groups is 1. The lowest BCUT2D eigenvalue weighted by atomic mass is 10.1. The van der Waals surface area contributed by atoms with Crippen molar-refractivity contribution in [1.29, 1.82) is 0 Å². The molecule has 10 nitrogen and oxygen atoms in total. The molecule has 0 amide bonds. The molecule has 2 aliphatic rings. The Morgan fingerprint density at radius 2 is 1.66 bits per heavy atom. The van der Waals surface area contributed by atoms with Gasteiger partial charge in [0.2, 0.25) is 17.8 Å². The summed E-state index contributed by atoms with van der Waals surface area (Å²) in [4.78, 5) is 30.7. The first-order chi connectivity index (χ1) is 18.6. The Bertz CT molecular complexity index is 1250. The van der Waals surface area contributed by atoms with Gasteiger partial charge in [0.25, 0.3) is 0 Å². The molecule has 38 heavy (non-hydrogen) atoms. The number of piperidine rings is 2. The van der Waals surface area contributed by atoms with Crippen molar-refractivity contribution in [3.63, 3.8) is 0 Å². The van der Waals surface area contributed by atoms with Crippen LogP contribution in [0.2, 0.25) is 5.02 Å². The number of benzene rings is 1. The van der Waals surface area contributed by atoms with Gasteiger partial charge in [-0.25, -0.2) is 10.2 Å². The maximum absolute atomic E-state index is 12.2. The smallest absolute Gasteiger partial charge is 0.339 e. The number of anilines is 3. The molecule has 0 bridgehead atoms. The average molecular weight is 538 g/mol. The SMILES string of the molecule is CCOC(=O)c1cc(-c2ccc(/C=N\Nc3nc(N4CCCCC4)nc(N4CCCCC4)n3)o2)ccc1Cl. The van der Waals surface area contributed by atoms with E-state index in [2.05, 4.69) is 30.3 Å². The molecule has 2 aromatic heterocycles. The fourth-order valence-electron chi connectivity index (χ4n) is 4.65. The van der Waals surface area contributed by atoms with E-state index in [9.17, 15) is 4.79 Å². The second-order valence-electron chi connectivity index (χ2n) is 9.34. The van der Waals surface area contributed by atoms with Gasteiger partial charge in [-0.2, -0.15) is 20.1 Å². The van der Waals surface area contributed by atoms with Crippen molar-refractivity contribution in [1.82, 2.24) is 15.0 Å². The summed E-state index contributed by atoms with van der Waals surface area (Å²) >= 11 is 6.18. The Morgan fingerprint density at radius 1 is 1.00 bits per heavy atom. The molecule has 0 radical (unpaired) electrons. The molecular weight excluding hydrogens is 506 g/mol. The number of esters is 1. The molecule has 2 aliphatic heterocycles. The Kier molecular flexibility index (Phi) is 8.37. The van der Waals surface area contributed by atoms with E-state index in [1.54, 1.807) is 37.4 Å². The lowest BCUT2D eigenvalue weighted by Gasteiger charge is -2.30. The minimum absolute atomic E-state index is 0.272. The average Bonchev–Trinajstić information content (AvgIpc) is 3.43. The van der Waals surface area contributed by atoms with Crippen LogP contribution in [0, 0.1) is 0 Å². The first-order valence-corrected chi connectivity index (χ1v) is 13.6. The second-order valence-corrected chi connectivity index (χ2v) is 9.75. The number of hydrazone groups is 1. The molecule has 0 saturated carbocycles. The van der Waals surface area contributed by atoms with Crippen LogP contribution in [-0.4, -0.2) is 59.9 Å². The van der Waals surface area contributed by atoms with E-state index < -0.39 is 5.97 Å². The monoisotopic (exact) mass is 537 g/mol. The predicted molar refractivity (Wildman–Crippen MR) is 148 cm³/mol. The minimum Gasteiger partial charge on any atom is -0.462 e. The van der Waals surface area contributed by atoms with Gasteiger partial charge in [-0.3, -0.25) is 0 Å². The van der Waals surface area contributed by atoms with E-state index in [1.165, 1.54) is 12.8 Å². The zero-order chi connectivity index (χ0) is 26.3. The highest BCUT2D eigenvalue weighted by Gasteiger charge is 2.20. The van der Waals surface area contributed by atoms with Gasteiger partial charge < -0.3 is 19.0 Å². The minimum atomic E-state index is -0.470. The van der Waals surface area contributed by atoms with Crippen molar-refractivity contribution >= 4 is 41.6 Å². The predicted octanol–water partition coefficient (Wildman–Crippen LogP) is 5.39. The maximum atomic E-state index is 12.2. The number of halogens is 1. The Labute approximate surface area is 227 Å². The van der Waals surface area contributed by atoms with Crippen molar-refractivity contribution in [3.8, 4) is 11.3 Å². The van der Waals surface area contributed by atoms with E-state index in [-0.39, 0.29) is 6.61 Å². The van der Waals surface area contributed by atoms with Gasteiger partial charge >= 0.3 is 5.97 Å². The van der Waals surface area contributed by atoms with Crippen LogP contribution in [0.5, 0.6) is 0 Å². The number of hydrogen-bond donors (Lipinski definition) is 1. The van der Waals surface area contributed by atoms with Crippen LogP contribution < -0.4 is 15.2 Å². The van der Waals surface area contributed by atoms with Crippen molar-refractivity contribution in [2.45, 2.75) is 45.4 Å². The zero-order valence-electron chi connectivity index (χ0n) is 21.5. The Balaban J connectivity index is 1.32. The number of ether oxygens (including phenoxy) is 1. The standard InChI is InChI=1S/C27H32ClN7O3/c1-2-37-24(36)21-17-19(9-11-22(21)28)23-12-10-20(38-23)18-29-33-25-30-26(34-13-5-3-6-14-34)32-27(31-25)35-15-7-4-8-16-35/h9-12,17-18H,2-8,13-16H2,1H3,(H,30,31,32,33)/b29-18-. The van der Waals surface area contributed by atoms with Crippen LogP contribution in [0.4, 0.5) is 17.8 Å². The normalized spacial score (nSPS) is 16.2. The molecule has 2 saturated heterocycles. The van der Waals surface area contributed by atoms with Crippen LogP contribution in [0.1, 0.15) is 61.6 Å². The topological polar surface area (TPSA) is 109 Å². The van der Waals surface area contributed by atoms with Gasteiger partial charge in [0.05, 0.1) is 23.4 Å². The number of nitrogens with zero attached hydrogens (tertiary/aromatic N) is 6. The fraction of sp³-hybridized carbons (Fsp3) is 0.444. The number of furan rings is 1. The van der Waals surface area contributed by atoms with Gasteiger partial charge in [0, 0.05) is 31.7 Å². The van der Waals surface area contributed by atoms with Crippen molar-refractivity contribution in [3.05, 3.63) is 46.7 Å². The molecule has 0 spiro atoms. The van der Waals surface area contributed by atoms with Gasteiger partial charge in [0.15, 0.2) is 0 Å². The molecule has 2 fully saturated rings. The third-order valence-electron chi connectivity index (χ3n) is 6.62. The van der Waals surface area contributed by atoms with Crippen LogP contribution in [0.3, 0.4) is 0 Å². The highest BCUT2D eigenvalue weighted by Crippen LogP contribution is 2.27. The summed E-state index contributed by atoms with van der Waals surface area (Å²) < 4.78 is 11.0. The van der Waals surface area contributed by atoms with Crippen LogP contribution in [0.25, 0.3) is 11.3 Å². The van der Waals surface area contributed by atoms with E-state index in [1.807, 2.05) is 6.07 Å². The van der Waals surface area contributed by atoms with Crippen molar-refractivity contribution in [2.24, 2.45) is 5.10 Å². The summed E-state index contributed by atoms with van der Waals surface area (Å²) in [5.41, 5.74) is 3.96. The molecule has 0 unspecified atom stereocenters. The largest absolute Gasteiger partial charge is 0.462 e. The summed E-state index contributed by atoms with van der Waals surface area (Å²) in [5.74, 6) is 2.43. The molecule has 1 aromatic carbocycles. The molecule has 11 heteroatoms. The van der Waals surface area contributed by atoms with E-state index in [0.717, 1.165) is 51.9 Å². The summed E-state index contributed by atoms with van der Waals surface area (Å²) in [6, 6.07) is 8.71. The third-order valence-corrected chi connectivity index (χ3v) is 6.95.